The first kappa shape index (κ1) is 19.3. The van der Waals surface area contributed by atoms with Gasteiger partial charge in [-0.2, -0.15) is 5.10 Å². The lowest BCUT2D eigenvalue weighted by Crippen LogP contribution is -2.43. The van der Waals surface area contributed by atoms with E-state index >= 15 is 0 Å². The lowest BCUT2D eigenvalue weighted by molar-refractivity contribution is -0.128. The van der Waals surface area contributed by atoms with Gasteiger partial charge in [0.15, 0.2) is 0 Å². The van der Waals surface area contributed by atoms with Crippen molar-refractivity contribution in [3.8, 4) is 11.3 Å². The SMILES string of the molecule is CC1(C)C2CCC1(CS(=O)(=O)Nc1ccc3[nH]nc(-c4ccccc4)c3c1)C(=O)C2. The molecule has 30 heavy (non-hydrogen) atoms. The van der Waals surface area contributed by atoms with Crippen molar-refractivity contribution in [3.63, 3.8) is 0 Å². The zero-order valence-electron chi connectivity index (χ0n) is 17.1. The Morgan fingerprint density at radius 2 is 1.93 bits per heavy atom. The summed E-state index contributed by atoms with van der Waals surface area (Å²) in [5.74, 6) is 0.235. The average molecular weight is 424 g/mol. The highest BCUT2D eigenvalue weighted by atomic mass is 32.2. The largest absolute Gasteiger partial charge is 0.299 e. The average Bonchev–Trinajstić information content (AvgIpc) is 3.27. The van der Waals surface area contributed by atoms with Gasteiger partial charge in [-0.05, 0) is 42.4 Å². The number of rotatable bonds is 5. The van der Waals surface area contributed by atoms with Crippen LogP contribution in [0.4, 0.5) is 5.69 Å². The Hall–Kier alpha value is -2.67. The highest BCUT2D eigenvalue weighted by molar-refractivity contribution is 7.92. The number of sulfonamides is 1. The number of anilines is 1. The maximum Gasteiger partial charge on any atom is 0.233 e. The van der Waals surface area contributed by atoms with E-state index in [4.69, 9.17) is 0 Å². The smallest absolute Gasteiger partial charge is 0.233 e. The van der Waals surface area contributed by atoms with Gasteiger partial charge in [-0.25, -0.2) is 8.42 Å². The molecule has 0 amide bonds. The molecule has 2 N–H and O–H groups in total. The van der Waals surface area contributed by atoms with E-state index < -0.39 is 15.4 Å². The molecule has 2 bridgehead atoms. The Labute approximate surface area is 176 Å². The van der Waals surface area contributed by atoms with E-state index in [1.165, 1.54) is 0 Å². The number of nitrogens with one attached hydrogen (secondary N) is 2. The van der Waals surface area contributed by atoms with Crippen LogP contribution in [0.15, 0.2) is 48.5 Å². The number of ketones is 1. The van der Waals surface area contributed by atoms with E-state index in [0.717, 1.165) is 28.6 Å². The standard InChI is InChI=1S/C23H25N3O3S/c1-22(2)16-10-11-23(22,20(27)12-16)14-30(28,29)26-17-8-9-19-18(13-17)21(25-24-19)15-6-4-3-5-7-15/h3-9,13,16,26H,10-12,14H2,1-2H3,(H,24,25). The maximum atomic E-state index is 13.1. The molecule has 156 valence electrons. The number of aromatic amines is 1. The van der Waals surface area contributed by atoms with Crippen molar-refractivity contribution < 1.29 is 13.2 Å². The van der Waals surface area contributed by atoms with Crippen molar-refractivity contribution in [2.75, 3.05) is 10.5 Å². The molecule has 7 heteroatoms. The Bertz CT molecular complexity index is 1250. The van der Waals surface area contributed by atoms with Crippen molar-refractivity contribution >= 4 is 32.4 Å². The zero-order chi connectivity index (χ0) is 21.1. The van der Waals surface area contributed by atoms with Gasteiger partial charge in [0.1, 0.15) is 5.78 Å². The molecule has 1 heterocycles. The quantitative estimate of drug-likeness (QED) is 0.637. The van der Waals surface area contributed by atoms with E-state index in [0.29, 0.717) is 18.5 Å². The summed E-state index contributed by atoms with van der Waals surface area (Å²) in [6.45, 7) is 4.10. The second kappa shape index (κ2) is 6.41. The van der Waals surface area contributed by atoms with Gasteiger partial charge in [-0.1, -0.05) is 44.2 Å². The monoisotopic (exact) mass is 423 g/mol. The van der Waals surface area contributed by atoms with E-state index in [1.54, 1.807) is 12.1 Å². The molecule has 0 saturated heterocycles. The maximum absolute atomic E-state index is 13.1. The van der Waals surface area contributed by atoms with Gasteiger partial charge in [0.05, 0.1) is 22.4 Å². The molecule has 2 aromatic carbocycles. The molecule has 6 nitrogen and oxygen atoms in total. The molecule has 2 unspecified atom stereocenters. The van der Waals surface area contributed by atoms with Crippen LogP contribution in [0.3, 0.4) is 0 Å². The highest BCUT2D eigenvalue weighted by Gasteiger charge is 2.65. The number of nitrogens with zero attached hydrogens (tertiary/aromatic N) is 1. The lowest BCUT2D eigenvalue weighted by Gasteiger charge is -2.36. The van der Waals surface area contributed by atoms with Gasteiger partial charge in [0, 0.05) is 23.1 Å². The summed E-state index contributed by atoms with van der Waals surface area (Å²) < 4.78 is 28.9. The zero-order valence-corrected chi connectivity index (χ0v) is 17.9. The lowest BCUT2D eigenvalue weighted by atomic mass is 9.70. The van der Waals surface area contributed by atoms with Gasteiger partial charge >= 0.3 is 0 Å². The molecule has 2 aliphatic rings. The van der Waals surface area contributed by atoms with Crippen LogP contribution in [0, 0.1) is 16.7 Å². The van der Waals surface area contributed by atoms with Crippen LogP contribution in [0.5, 0.6) is 0 Å². The molecular formula is C23H25N3O3S. The van der Waals surface area contributed by atoms with Crippen LogP contribution >= 0.6 is 0 Å². The van der Waals surface area contributed by atoms with Crippen LogP contribution < -0.4 is 4.72 Å². The Balaban J connectivity index is 1.46. The number of benzene rings is 2. The first-order valence-electron chi connectivity index (χ1n) is 10.3. The normalized spacial score (nSPS) is 25.1. The molecular weight excluding hydrogens is 398 g/mol. The van der Waals surface area contributed by atoms with Gasteiger partial charge in [0.25, 0.3) is 0 Å². The van der Waals surface area contributed by atoms with E-state index in [-0.39, 0.29) is 22.9 Å². The van der Waals surface area contributed by atoms with Crippen molar-refractivity contribution in [2.45, 2.75) is 33.1 Å². The van der Waals surface area contributed by atoms with Crippen molar-refractivity contribution in [2.24, 2.45) is 16.7 Å². The first-order chi connectivity index (χ1) is 14.2. The molecule has 2 saturated carbocycles. The number of fused-ring (bicyclic) bond motifs is 3. The number of Topliss-reactive ketones (excluding diaryl/α,β-unsaturated/α-hetero) is 1. The minimum atomic E-state index is -3.70. The topological polar surface area (TPSA) is 91.9 Å². The highest BCUT2D eigenvalue weighted by Crippen LogP contribution is 2.64. The molecule has 0 radical (unpaired) electrons. The Morgan fingerprint density at radius 1 is 1.17 bits per heavy atom. The first-order valence-corrected chi connectivity index (χ1v) is 11.9. The molecule has 2 fully saturated rings. The predicted octanol–water partition coefficient (Wildman–Crippen LogP) is 4.37. The van der Waals surface area contributed by atoms with E-state index in [2.05, 4.69) is 28.8 Å². The van der Waals surface area contributed by atoms with Crippen LogP contribution in [0.25, 0.3) is 22.2 Å². The summed E-state index contributed by atoms with van der Waals surface area (Å²) in [4.78, 5) is 12.7. The number of aromatic nitrogens is 2. The van der Waals surface area contributed by atoms with Crippen LogP contribution in [0.2, 0.25) is 0 Å². The number of hydrogen-bond donors (Lipinski definition) is 2. The molecule has 5 rings (SSSR count). The van der Waals surface area contributed by atoms with E-state index in [9.17, 15) is 13.2 Å². The third-order valence-electron chi connectivity index (χ3n) is 7.46. The number of carbonyl (C=O) groups excluding carboxylic acids is 1. The summed E-state index contributed by atoms with van der Waals surface area (Å²) in [7, 11) is -3.70. The minimum absolute atomic E-state index is 0.103. The number of carbonyl (C=O) groups is 1. The third-order valence-corrected chi connectivity index (χ3v) is 8.88. The van der Waals surface area contributed by atoms with Crippen LogP contribution in [0.1, 0.15) is 33.1 Å². The Kier molecular flexibility index (Phi) is 4.13. The summed E-state index contributed by atoms with van der Waals surface area (Å²) in [6, 6.07) is 15.1. The van der Waals surface area contributed by atoms with Crippen LogP contribution in [-0.2, 0) is 14.8 Å². The van der Waals surface area contributed by atoms with Crippen LogP contribution in [-0.4, -0.2) is 30.2 Å². The second-order valence-electron chi connectivity index (χ2n) is 9.23. The number of hydrogen-bond acceptors (Lipinski definition) is 4. The summed E-state index contributed by atoms with van der Waals surface area (Å²) in [5, 5.41) is 8.24. The van der Waals surface area contributed by atoms with Crippen molar-refractivity contribution in [3.05, 3.63) is 48.5 Å². The molecule has 2 atom stereocenters. The van der Waals surface area contributed by atoms with Crippen molar-refractivity contribution in [1.82, 2.24) is 10.2 Å². The Morgan fingerprint density at radius 3 is 2.60 bits per heavy atom. The van der Waals surface area contributed by atoms with Gasteiger partial charge in [0.2, 0.25) is 10.0 Å². The second-order valence-corrected chi connectivity index (χ2v) is 10.9. The minimum Gasteiger partial charge on any atom is -0.299 e. The number of H-pyrrole nitrogens is 1. The predicted molar refractivity (Wildman–Crippen MR) is 118 cm³/mol. The molecule has 0 spiro atoms. The van der Waals surface area contributed by atoms with E-state index in [1.807, 2.05) is 36.4 Å². The fourth-order valence-corrected chi connectivity index (χ4v) is 7.43. The van der Waals surface area contributed by atoms with Gasteiger partial charge < -0.3 is 0 Å². The third kappa shape index (κ3) is 2.79. The summed E-state index contributed by atoms with van der Waals surface area (Å²) >= 11 is 0. The van der Waals surface area contributed by atoms with Crippen molar-refractivity contribution in [1.29, 1.82) is 0 Å². The fraction of sp³-hybridized carbons (Fsp3) is 0.391. The fourth-order valence-electron chi connectivity index (χ4n) is 5.54. The van der Waals surface area contributed by atoms with Gasteiger partial charge in [-0.15, -0.1) is 0 Å². The molecule has 2 aliphatic carbocycles. The molecule has 1 aromatic heterocycles. The van der Waals surface area contributed by atoms with Gasteiger partial charge in [-0.3, -0.25) is 14.6 Å². The summed E-state index contributed by atoms with van der Waals surface area (Å²) in [6.07, 6.45) is 2.09. The molecule has 0 aliphatic heterocycles. The molecule has 3 aromatic rings. The summed E-state index contributed by atoms with van der Waals surface area (Å²) in [5.41, 5.74) is 1.98.